The van der Waals surface area contributed by atoms with Gasteiger partial charge in [-0.05, 0) is 37.0 Å². The third-order valence-electron chi connectivity index (χ3n) is 4.44. The Bertz CT molecular complexity index is 608. The van der Waals surface area contributed by atoms with Gasteiger partial charge >= 0.3 is 0 Å². The van der Waals surface area contributed by atoms with Gasteiger partial charge in [-0.15, -0.1) is 11.6 Å². The Morgan fingerprint density at radius 2 is 2.15 bits per heavy atom. The lowest BCUT2D eigenvalue weighted by Gasteiger charge is -2.31. The van der Waals surface area contributed by atoms with Gasteiger partial charge in [-0.25, -0.2) is 4.98 Å². The molecule has 0 N–H and O–H groups in total. The number of fused-ring (bicyclic) bond motifs is 1. The minimum absolute atomic E-state index is 0.577. The summed E-state index contributed by atoms with van der Waals surface area (Å²) in [7, 11) is 0. The molecule has 1 aromatic carbocycles. The first kappa shape index (κ1) is 14.4. The summed E-state index contributed by atoms with van der Waals surface area (Å²) in [6.45, 7) is 2.37. The number of alkyl halides is 1. The van der Waals surface area contributed by atoms with Gasteiger partial charge in [-0.3, -0.25) is 0 Å². The molecule has 0 amide bonds. The number of rotatable bonds is 3. The van der Waals surface area contributed by atoms with Crippen LogP contribution >= 0.6 is 27.5 Å². The zero-order valence-electron chi connectivity index (χ0n) is 11.8. The van der Waals surface area contributed by atoms with Crippen molar-refractivity contribution in [3.63, 3.8) is 0 Å². The smallest absolute Gasteiger partial charge is 0.111 e. The maximum absolute atomic E-state index is 5.98. The fourth-order valence-electron chi connectivity index (χ4n) is 3.43. The van der Waals surface area contributed by atoms with Gasteiger partial charge in [-0.1, -0.05) is 35.7 Å². The molecule has 1 fully saturated rings. The highest BCUT2D eigenvalue weighted by Crippen LogP contribution is 2.37. The lowest BCUT2D eigenvalue weighted by molar-refractivity contribution is 0.258. The summed E-state index contributed by atoms with van der Waals surface area (Å²) >= 11 is 9.52. The maximum atomic E-state index is 5.98. The summed E-state index contributed by atoms with van der Waals surface area (Å²) in [6.07, 6.45) is 6.11. The summed E-state index contributed by atoms with van der Waals surface area (Å²) < 4.78 is 3.55. The Balaban J connectivity index is 2.12. The average molecular weight is 356 g/mol. The van der Waals surface area contributed by atoms with Gasteiger partial charge in [0.05, 0.1) is 11.0 Å². The molecule has 3 rings (SSSR count). The van der Waals surface area contributed by atoms with E-state index in [2.05, 4.69) is 45.6 Å². The number of aryl methyl sites for hydroxylation is 1. The fourth-order valence-corrected chi connectivity index (χ4v) is 3.95. The molecule has 0 aliphatic heterocycles. The van der Waals surface area contributed by atoms with Crippen molar-refractivity contribution in [3.05, 3.63) is 28.5 Å². The second-order valence-corrected chi connectivity index (χ2v) is 7.09. The zero-order chi connectivity index (χ0) is 14.1. The fraction of sp³-hybridized carbons (Fsp3) is 0.562. The Morgan fingerprint density at radius 1 is 1.35 bits per heavy atom. The van der Waals surface area contributed by atoms with E-state index in [1.165, 1.54) is 31.2 Å². The van der Waals surface area contributed by atoms with Crippen LogP contribution in [0.3, 0.4) is 0 Å². The molecular weight excluding hydrogens is 336 g/mol. The molecule has 1 aliphatic rings. The minimum Gasteiger partial charge on any atom is -0.325 e. The molecule has 4 heteroatoms. The second-order valence-electron chi connectivity index (χ2n) is 5.80. The van der Waals surface area contributed by atoms with Crippen LogP contribution in [0.1, 0.15) is 44.5 Å². The van der Waals surface area contributed by atoms with Crippen LogP contribution in [-0.2, 0) is 6.42 Å². The Morgan fingerprint density at radius 3 is 2.90 bits per heavy atom. The first-order valence-electron chi connectivity index (χ1n) is 7.43. The first-order valence-corrected chi connectivity index (χ1v) is 8.76. The van der Waals surface area contributed by atoms with Gasteiger partial charge in [0, 0.05) is 22.8 Å². The van der Waals surface area contributed by atoms with Crippen LogP contribution in [0.4, 0.5) is 0 Å². The molecule has 1 aliphatic carbocycles. The molecule has 0 bridgehead atoms. The third-order valence-corrected chi connectivity index (χ3v) is 5.12. The van der Waals surface area contributed by atoms with Crippen LogP contribution in [0.15, 0.2) is 22.7 Å². The highest BCUT2D eigenvalue weighted by atomic mass is 79.9. The largest absolute Gasteiger partial charge is 0.325 e. The van der Waals surface area contributed by atoms with E-state index in [0.29, 0.717) is 11.9 Å². The zero-order valence-corrected chi connectivity index (χ0v) is 14.1. The molecule has 2 aromatic rings. The number of benzene rings is 1. The van der Waals surface area contributed by atoms with Crippen LogP contribution in [0.5, 0.6) is 0 Å². The van der Waals surface area contributed by atoms with Crippen molar-refractivity contribution in [1.82, 2.24) is 9.55 Å². The normalized spacial score (nSPS) is 23.4. The summed E-state index contributed by atoms with van der Waals surface area (Å²) in [6, 6.07) is 6.98. The molecule has 0 saturated heterocycles. The number of imidazole rings is 1. The second kappa shape index (κ2) is 6.07. The van der Waals surface area contributed by atoms with Gasteiger partial charge in [0.2, 0.25) is 0 Å². The minimum atomic E-state index is 0.577. The van der Waals surface area contributed by atoms with E-state index in [1.54, 1.807) is 0 Å². The van der Waals surface area contributed by atoms with E-state index in [4.69, 9.17) is 16.6 Å². The Hall–Kier alpha value is -0.540. The Kier molecular flexibility index (Phi) is 4.37. The Labute approximate surface area is 133 Å². The summed E-state index contributed by atoms with van der Waals surface area (Å²) in [5.74, 6) is 2.50. The lowest BCUT2D eigenvalue weighted by atomic mass is 9.85. The van der Waals surface area contributed by atoms with E-state index < -0.39 is 0 Å². The van der Waals surface area contributed by atoms with Crippen molar-refractivity contribution < 1.29 is 0 Å². The summed E-state index contributed by atoms with van der Waals surface area (Å²) in [5, 5.41) is 0. The lowest BCUT2D eigenvalue weighted by Crippen LogP contribution is -2.23. The maximum Gasteiger partial charge on any atom is 0.111 e. The van der Waals surface area contributed by atoms with Crippen molar-refractivity contribution >= 4 is 38.6 Å². The molecular formula is C16H20BrClN2. The standard InChI is InChI=1S/C16H20BrClN2/c1-11-4-2-3-5-14(11)20-15-7-6-12(17)10-13(15)19-16(20)8-9-18/h6-7,10-11,14H,2-5,8-9H2,1H3. The van der Waals surface area contributed by atoms with Gasteiger partial charge in [0.25, 0.3) is 0 Å². The van der Waals surface area contributed by atoms with Crippen LogP contribution in [0.2, 0.25) is 0 Å². The van der Waals surface area contributed by atoms with E-state index >= 15 is 0 Å². The van der Waals surface area contributed by atoms with Crippen LogP contribution in [-0.4, -0.2) is 15.4 Å². The third kappa shape index (κ3) is 2.62. The molecule has 1 saturated carbocycles. The predicted molar refractivity (Wildman–Crippen MR) is 88.5 cm³/mol. The highest BCUT2D eigenvalue weighted by Gasteiger charge is 2.26. The SMILES string of the molecule is CC1CCCCC1n1c(CCCl)nc2cc(Br)ccc21. The molecule has 0 spiro atoms. The molecule has 2 unspecified atom stereocenters. The topological polar surface area (TPSA) is 17.8 Å². The quantitative estimate of drug-likeness (QED) is 0.680. The molecule has 108 valence electrons. The number of hydrogen-bond acceptors (Lipinski definition) is 1. The number of halogens is 2. The van der Waals surface area contributed by atoms with Crippen LogP contribution in [0.25, 0.3) is 11.0 Å². The predicted octanol–water partition coefficient (Wildman–Crippen LogP) is 5.33. The van der Waals surface area contributed by atoms with E-state index in [-0.39, 0.29) is 0 Å². The van der Waals surface area contributed by atoms with Crippen molar-refractivity contribution in [2.75, 3.05) is 5.88 Å². The molecule has 2 nitrogen and oxygen atoms in total. The molecule has 1 aromatic heterocycles. The van der Waals surface area contributed by atoms with Crippen LogP contribution < -0.4 is 0 Å². The molecule has 2 atom stereocenters. The molecule has 1 heterocycles. The number of nitrogens with zero attached hydrogens (tertiary/aromatic N) is 2. The first-order chi connectivity index (χ1) is 9.70. The van der Waals surface area contributed by atoms with E-state index in [1.807, 2.05) is 0 Å². The summed E-state index contributed by atoms with van der Waals surface area (Å²) in [4.78, 5) is 4.82. The number of hydrogen-bond donors (Lipinski definition) is 0. The van der Waals surface area contributed by atoms with Crippen molar-refractivity contribution in [1.29, 1.82) is 0 Å². The van der Waals surface area contributed by atoms with Gasteiger partial charge in [0.15, 0.2) is 0 Å². The van der Waals surface area contributed by atoms with Crippen LogP contribution in [0, 0.1) is 5.92 Å². The van der Waals surface area contributed by atoms with E-state index in [9.17, 15) is 0 Å². The molecule has 0 radical (unpaired) electrons. The number of aromatic nitrogens is 2. The summed E-state index contributed by atoms with van der Waals surface area (Å²) in [5.41, 5.74) is 2.34. The highest BCUT2D eigenvalue weighted by molar-refractivity contribution is 9.10. The van der Waals surface area contributed by atoms with Gasteiger partial charge < -0.3 is 4.57 Å². The average Bonchev–Trinajstić information content (AvgIpc) is 2.77. The monoisotopic (exact) mass is 354 g/mol. The van der Waals surface area contributed by atoms with Crippen molar-refractivity contribution in [2.45, 2.75) is 45.1 Å². The molecule has 20 heavy (non-hydrogen) atoms. The van der Waals surface area contributed by atoms with Gasteiger partial charge in [0.1, 0.15) is 5.82 Å². The van der Waals surface area contributed by atoms with Crippen molar-refractivity contribution in [2.24, 2.45) is 5.92 Å². The van der Waals surface area contributed by atoms with E-state index in [0.717, 1.165) is 28.2 Å². The van der Waals surface area contributed by atoms with Gasteiger partial charge in [-0.2, -0.15) is 0 Å². The van der Waals surface area contributed by atoms with Crippen molar-refractivity contribution in [3.8, 4) is 0 Å².